The van der Waals surface area contributed by atoms with E-state index in [1.165, 1.54) is 64.3 Å². The third-order valence-corrected chi connectivity index (χ3v) is 6.72. The zero-order chi connectivity index (χ0) is 23.8. The van der Waals surface area contributed by atoms with Crippen LogP contribution in [0.2, 0.25) is 0 Å². The van der Waals surface area contributed by atoms with Crippen molar-refractivity contribution in [3.63, 3.8) is 0 Å². The van der Waals surface area contributed by atoms with E-state index in [4.69, 9.17) is 17.0 Å². The van der Waals surface area contributed by atoms with Crippen molar-refractivity contribution >= 4 is 52.7 Å². The van der Waals surface area contributed by atoms with Crippen LogP contribution in [0.25, 0.3) is 34.9 Å². The average Bonchev–Trinajstić information content (AvgIpc) is 3.67. The summed E-state index contributed by atoms with van der Waals surface area (Å²) in [6, 6.07) is 25.9. The summed E-state index contributed by atoms with van der Waals surface area (Å²) < 4.78 is 0. The minimum atomic E-state index is -0.826. The first-order valence-corrected chi connectivity index (χ1v) is 17.8. The third-order valence-electron chi connectivity index (χ3n) is 6.72. The molecule has 2 aliphatic heterocycles. The normalized spacial score (nSPS) is 13.3. The molecule has 0 amide bonds. The van der Waals surface area contributed by atoms with Gasteiger partial charge in [-0.15, -0.1) is 24.5 Å². The Morgan fingerprint density at radius 2 is 0.943 bits per heavy atom. The summed E-state index contributed by atoms with van der Waals surface area (Å²) in [6.45, 7) is 1.66. The van der Waals surface area contributed by atoms with Gasteiger partial charge in [0.25, 0.3) is 0 Å². The monoisotopic (exact) mass is 568 g/mol. The molecule has 0 saturated heterocycles. The van der Waals surface area contributed by atoms with Gasteiger partial charge < -0.3 is 10.6 Å². The molecular formula is C30H20Cl2N2Zr. The maximum absolute atomic E-state index is 4.93. The molecular weight excluding hydrogens is 550 g/mol. The maximum atomic E-state index is 4.93. The molecule has 2 heterocycles. The molecule has 0 aromatic heterocycles. The Hall–Kier alpha value is -2.58. The molecule has 4 aromatic rings. The number of halogens is 2. The van der Waals surface area contributed by atoms with Gasteiger partial charge in [-0.2, -0.15) is 0 Å². The molecule has 4 aromatic carbocycles. The molecule has 8 rings (SSSR count). The number of fused-ring (bicyclic) bond motifs is 8. The Morgan fingerprint density at radius 1 is 0.514 bits per heavy atom. The van der Waals surface area contributed by atoms with Gasteiger partial charge in [0.2, 0.25) is 0 Å². The van der Waals surface area contributed by atoms with Crippen molar-refractivity contribution in [2.45, 2.75) is 0 Å². The van der Waals surface area contributed by atoms with Crippen molar-refractivity contribution in [2.24, 2.45) is 0 Å². The number of rotatable bonds is 0. The van der Waals surface area contributed by atoms with Crippen LogP contribution in [-0.4, -0.2) is 13.1 Å². The van der Waals surface area contributed by atoms with Crippen molar-refractivity contribution in [3.05, 3.63) is 136 Å². The summed E-state index contributed by atoms with van der Waals surface area (Å²) in [5.74, 6) is 0. The number of hydrogen-bond acceptors (Lipinski definition) is 0. The molecule has 168 valence electrons. The molecule has 4 aliphatic rings. The van der Waals surface area contributed by atoms with E-state index in [-0.39, 0.29) is 0 Å². The summed E-state index contributed by atoms with van der Waals surface area (Å²) in [5.41, 5.74) is 4.95. The van der Waals surface area contributed by atoms with Gasteiger partial charge in [0.05, 0.1) is 0 Å². The van der Waals surface area contributed by atoms with Crippen molar-refractivity contribution in [1.29, 1.82) is 0 Å². The molecule has 0 spiro atoms. The first-order chi connectivity index (χ1) is 17.3. The van der Waals surface area contributed by atoms with Gasteiger partial charge >= 0.3 is 37.9 Å². The second-order valence-corrected chi connectivity index (χ2v) is 12.3. The Labute approximate surface area is 221 Å². The summed E-state index contributed by atoms with van der Waals surface area (Å²) in [7, 11) is 9.87. The first kappa shape index (κ1) is 22.9. The molecule has 0 N–H and O–H groups in total. The van der Waals surface area contributed by atoms with E-state index in [0.29, 0.717) is 0 Å². The van der Waals surface area contributed by atoms with Crippen molar-refractivity contribution < 1.29 is 20.8 Å². The van der Waals surface area contributed by atoms with Gasteiger partial charge in [-0.05, 0) is 65.0 Å². The Bertz CT molecular complexity index is 1780. The Balaban J connectivity index is 0.000000118. The van der Waals surface area contributed by atoms with E-state index < -0.39 is 20.8 Å². The van der Waals surface area contributed by atoms with Gasteiger partial charge in [-0.1, -0.05) is 84.9 Å². The van der Waals surface area contributed by atoms with Crippen LogP contribution in [0.1, 0.15) is 11.1 Å². The van der Waals surface area contributed by atoms with E-state index in [1.807, 2.05) is 0 Å². The minimum absolute atomic E-state index is 0.826. The van der Waals surface area contributed by atoms with Crippen LogP contribution in [0, 0.1) is 20.9 Å². The molecule has 0 saturated carbocycles. The number of hydrogen-bond donors (Lipinski definition) is 0. The van der Waals surface area contributed by atoms with E-state index in [0.717, 1.165) is 13.1 Å². The predicted octanol–water partition coefficient (Wildman–Crippen LogP) is 5.21. The molecule has 0 atom stereocenters. The van der Waals surface area contributed by atoms with Gasteiger partial charge in [0.15, 0.2) is 0 Å². The second-order valence-electron chi connectivity index (χ2n) is 8.55. The molecule has 35 heavy (non-hydrogen) atoms. The van der Waals surface area contributed by atoms with Gasteiger partial charge in [0.1, 0.15) is 0 Å². The van der Waals surface area contributed by atoms with Crippen LogP contribution >= 0.6 is 17.0 Å². The standard InChI is InChI=1S/2C15H10N.2ClH.Zr/c2*1-2-4-12-11(3-1)9-14-13(12)6-5-10-7-8-16-15(10)14;;;/h2*1-7,9H,8H2;2*1H;/q2*-1;;;+4/p-2. The Kier molecular flexibility index (Phi) is 6.41. The van der Waals surface area contributed by atoms with Crippen LogP contribution in [0.4, 0.5) is 11.4 Å². The van der Waals surface area contributed by atoms with Crippen LogP contribution in [0.3, 0.4) is 0 Å². The second kappa shape index (κ2) is 9.82. The molecule has 2 nitrogen and oxygen atoms in total. The fourth-order valence-corrected chi connectivity index (χ4v) is 5.21. The van der Waals surface area contributed by atoms with Crippen molar-refractivity contribution in [3.8, 4) is 0 Å². The van der Waals surface area contributed by atoms with E-state index >= 15 is 0 Å². The molecule has 5 heteroatoms. The summed E-state index contributed by atoms with van der Waals surface area (Å²) in [6.07, 6.45) is 8.89. The van der Waals surface area contributed by atoms with Gasteiger partial charge in [0, 0.05) is 0 Å². The van der Waals surface area contributed by atoms with Gasteiger partial charge in [-0.3, -0.25) is 0 Å². The summed E-state index contributed by atoms with van der Waals surface area (Å²) in [4.78, 5) is 0. The molecule has 0 bridgehead atoms. The van der Waals surface area contributed by atoms with Gasteiger partial charge in [-0.25, -0.2) is 0 Å². The van der Waals surface area contributed by atoms with Crippen LogP contribution in [0.15, 0.2) is 72.8 Å². The fraction of sp³-hybridized carbons (Fsp3) is 0.0667. The summed E-state index contributed by atoms with van der Waals surface area (Å²) in [5, 5.41) is 19.6. The summed E-state index contributed by atoms with van der Waals surface area (Å²) >= 11 is -0.826. The zero-order valence-electron chi connectivity index (χ0n) is 18.8. The average molecular weight is 571 g/mol. The van der Waals surface area contributed by atoms with Crippen LogP contribution in [-0.2, 0) is 20.8 Å². The number of benzene rings is 4. The quantitative estimate of drug-likeness (QED) is 0.240. The topological polar surface area (TPSA) is 28.2 Å². The fourth-order valence-electron chi connectivity index (χ4n) is 5.21. The van der Waals surface area contributed by atoms with E-state index in [1.54, 1.807) is 0 Å². The Morgan fingerprint density at radius 3 is 1.40 bits per heavy atom. The van der Waals surface area contributed by atoms with E-state index in [2.05, 4.69) is 108 Å². The van der Waals surface area contributed by atoms with Crippen molar-refractivity contribution in [2.75, 3.05) is 13.1 Å². The third kappa shape index (κ3) is 4.10. The first-order valence-electron chi connectivity index (χ1n) is 11.5. The zero-order valence-corrected chi connectivity index (χ0v) is 22.8. The molecule has 0 unspecified atom stereocenters. The molecule has 2 aliphatic carbocycles. The SMILES string of the molecule is C1=c2ccc3c(c2[N-]C1)C=c1ccccc1=3.C1=c2ccc3c(c2[N-]C1)C=c1ccccc1=3.[Cl][Zr+2][Cl]. The van der Waals surface area contributed by atoms with Crippen molar-refractivity contribution in [1.82, 2.24) is 0 Å². The van der Waals surface area contributed by atoms with E-state index in [9.17, 15) is 0 Å². The number of nitrogens with zero attached hydrogens (tertiary/aromatic N) is 2. The predicted molar refractivity (Wildman–Crippen MR) is 143 cm³/mol. The molecule has 0 radical (unpaired) electrons. The van der Waals surface area contributed by atoms with Crippen LogP contribution < -0.4 is 20.9 Å². The molecule has 0 fully saturated rings. The van der Waals surface area contributed by atoms with Crippen LogP contribution in [0.5, 0.6) is 0 Å².